The molecular weight excluding hydrogens is 440 g/mol. The molecule has 3 aromatic heterocycles. The van der Waals surface area contributed by atoms with Crippen molar-refractivity contribution in [2.24, 2.45) is 0 Å². The minimum Gasteiger partial charge on any atom is -0.393 e. The number of nitrogens with one attached hydrogen (secondary N) is 2. The van der Waals surface area contributed by atoms with Gasteiger partial charge in [-0.3, -0.25) is 14.2 Å². The molecule has 3 N–H and O–H groups in total. The Balaban J connectivity index is 1.44. The molecule has 1 saturated carbocycles. The molecule has 1 aromatic carbocycles. The van der Waals surface area contributed by atoms with Crippen LogP contribution in [0.5, 0.6) is 0 Å². The van der Waals surface area contributed by atoms with E-state index in [-0.39, 0.29) is 6.10 Å². The summed E-state index contributed by atoms with van der Waals surface area (Å²) in [6.07, 6.45) is 14.6. The van der Waals surface area contributed by atoms with Gasteiger partial charge in [-0.2, -0.15) is 0 Å². The molecule has 1 aliphatic rings. The number of hydrogen-bond donors (Lipinski definition) is 3. The molecule has 0 saturated heterocycles. The van der Waals surface area contributed by atoms with E-state index in [0.717, 1.165) is 60.9 Å². The van der Waals surface area contributed by atoms with Gasteiger partial charge in [0.15, 0.2) is 11.9 Å². The van der Waals surface area contributed by atoms with Crippen molar-refractivity contribution in [3.8, 4) is 11.3 Å². The molecule has 2 unspecified atom stereocenters. The molecular formula is C27H30N6O2. The monoisotopic (exact) mass is 470 g/mol. The maximum atomic E-state index is 12.3. The summed E-state index contributed by atoms with van der Waals surface area (Å²) in [4.78, 5) is 25.5. The fraction of sp³-hybridized carbons (Fsp3) is 0.333. The van der Waals surface area contributed by atoms with E-state index in [4.69, 9.17) is 0 Å². The number of nitrogens with zero attached hydrogens (tertiary/aromatic N) is 4. The molecule has 1 fully saturated rings. The number of aliphatic hydroxyl groups excluding tert-OH is 1. The molecule has 0 amide bonds. The van der Waals surface area contributed by atoms with Crippen molar-refractivity contribution >= 4 is 23.4 Å². The van der Waals surface area contributed by atoms with Crippen LogP contribution in [0.15, 0.2) is 55.2 Å². The summed E-state index contributed by atoms with van der Waals surface area (Å²) in [5.74, 6) is 1.12. The van der Waals surface area contributed by atoms with Gasteiger partial charge >= 0.3 is 0 Å². The summed E-state index contributed by atoms with van der Waals surface area (Å²) in [5.41, 5.74) is 5.98. The highest BCUT2D eigenvalue weighted by Gasteiger charge is 2.20. The zero-order valence-electron chi connectivity index (χ0n) is 19.8. The SMILES string of the molecule is CNCc1c(-c2cnc3cnccn23)ccc(Nc2ccc(C3CCCC(O)CC3)cn2)c1C=O. The van der Waals surface area contributed by atoms with Crippen molar-refractivity contribution in [3.63, 3.8) is 0 Å². The lowest BCUT2D eigenvalue weighted by Crippen LogP contribution is -2.11. The predicted octanol–water partition coefficient (Wildman–Crippen LogP) is 4.48. The number of fused-ring (bicyclic) bond motifs is 1. The van der Waals surface area contributed by atoms with Gasteiger partial charge in [0.25, 0.3) is 0 Å². The molecule has 0 bridgehead atoms. The number of imidazole rings is 1. The van der Waals surface area contributed by atoms with Gasteiger partial charge < -0.3 is 15.7 Å². The number of aromatic nitrogens is 4. The largest absolute Gasteiger partial charge is 0.393 e. The molecule has 0 spiro atoms. The van der Waals surface area contributed by atoms with Crippen LogP contribution in [-0.4, -0.2) is 43.9 Å². The van der Waals surface area contributed by atoms with Gasteiger partial charge in [0.1, 0.15) is 5.82 Å². The number of hydrogen-bond acceptors (Lipinski definition) is 7. The molecule has 4 aromatic rings. The number of pyridine rings is 1. The molecule has 0 aliphatic heterocycles. The Labute approximate surface area is 204 Å². The molecule has 5 rings (SSSR count). The van der Waals surface area contributed by atoms with Crippen LogP contribution < -0.4 is 10.6 Å². The normalized spacial score (nSPS) is 18.3. The van der Waals surface area contributed by atoms with Crippen LogP contribution in [0.2, 0.25) is 0 Å². The van der Waals surface area contributed by atoms with Crippen LogP contribution in [0.3, 0.4) is 0 Å². The number of benzene rings is 1. The van der Waals surface area contributed by atoms with E-state index < -0.39 is 0 Å². The second kappa shape index (κ2) is 10.3. The lowest BCUT2D eigenvalue weighted by molar-refractivity contribution is 0.112. The third kappa shape index (κ3) is 4.80. The molecule has 1 aliphatic carbocycles. The lowest BCUT2D eigenvalue weighted by atomic mass is 9.93. The molecule has 180 valence electrons. The minimum atomic E-state index is -0.178. The van der Waals surface area contributed by atoms with Crippen molar-refractivity contribution in [2.75, 3.05) is 12.4 Å². The van der Waals surface area contributed by atoms with Crippen molar-refractivity contribution in [3.05, 3.63) is 71.9 Å². The number of rotatable bonds is 7. The number of anilines is 2. The maximum absolute atomic E-state index is 12.3. The first kappa shape index (κ1) is 23.1. The standard InChI is InChI=1S/C27H30N6O2/c1-28-14-22-21(25-15-31-27-16-29-11-12-33(25)27)8-9-24(23(22)17-34)32-26-10-6-19(13-30-26)18-3-2-4-20(35)7-5-18/h6,8-13,15-18,20,28,35H,2-5,7,14H2,1H3,(H,30,32). The van der Waals surface area contributed by atoms with Gasteiger partial charge in [0, 0.05) is 36.3 Å². The van der Waals surface area contributed by atoms with E-state index in [9.17, 15) is 9.90 Å². The highest BCUT2D eigenvalue weighted by Crippen LogP contribution is 2.34. The van der Waals surface area contributed by atoms with Crippen molar-refractivity contribution in [2.45, 2.75) is 50.7 Å². The average Bonchev–Trinajstić information content (AvgIpc) is 3.19. The Kier molecular flexibility index (Phi) is 6.83. The van der Waals surface area contributed by atoms with Gasteiger partial charge in [-0.25, -0.2) is 9.97 Å². The first-order valence-electron chi connectivity index (χ1n) is 12.1. The number of aldehydes is 1. The van der Waals surface area contributed by atoms with Crippen LogP contribution in [0.25, 0.3) is 16.9 Å². The van der Waals surface area contributed by atoms with Gasteiger partial charge in [-0.15, -0.1) is 0 Å². The average molecular weight is 471 g/mol. The minimum absolute atomic E-state index is 0.178. The summed E-state index contributed by atoms with van der Waals surface area (Å²) < 4.78 is 1.97. The molecule has 3 heterocycles. The lowest BCUT2D eigenvalue weighted by Gasteiger charge is -2.17. The van der Waals surface area contributed by atoms with Gasteiger partial charge in [0.2, 0.25) is 0 Å². The Hall–Kier alpha value is -3.62. The Morgan fingerprint density at radius 2 is 2.00 bits per heavy atom. The second-order valence-corrected chi connectivity index (χ2v) is 9.11. The number of carbonyl (C=O) groups is 1. The highest BCUT2D eigenvalue weighted by molar-refractivity contribution is 5.91. The third-order valence-corrected chi connectivity index (χ3v) is 6.88. The summed E-state index contributed by atoms with van der Waals surface area (Å²) >= 11 is 0. The van der Waals surface area contributed by atoms with E-state index in [0.29, 0.717) is 29.5 Å². The predicted molar refractivity (Wildman–Crippen MR) is 136 cm³/mol. The number of carbonyl (C=O) groups excluding carboxylic acids is 1. The quantitative estimate of drug-likeness (QED) is 0.270. The van der Waals surface area contributed by atoms with E-state index >= 15 is 0 Å². The van der Waals surface area contributed by atoms with Crippen molar-refractivity contribution < 1.29 is 9.90 Å². The Bertz CT molecular complexity index is 1320. The van der Waals surface area contributed by atoms with Gasteiger partial charge in [-0.1, -0.05) is 18.6 Å². The smallest absolute Gasteiger partial charge is 0.155 e. The van der Waals surface area contributed by atoms with Crippen molar-refractivity contribution in [1.82, 2.24) is 24.7 Å². The first-order chi connectivity index (χ1) is 17.2. The Morgan fingerprint density at radius 1 is 1.09 bits per heavy atom. The van der Waals surface area contributed by atoms with E-state index in [1.807, 2.05) is 42.0 Å². The summed E-state index contributed by atoms with van der Waals surface area (Å²) in [6.45, 7) is 0.525. The zero-order chi connectivity index (χ0) is 24.2. The van der Waals surface area contributed by atoms with E-state index in [1.165, 1.54) is 5.56 Å². The summed E-state index contributed by atoms with van der Waals surface area (Å²) in [7, 11) is 1.86. The van der Waals surface area contributed by atoms with E-state index in [1.54, 1.807) is 18.6 Å². The molecule has 35 heavy (non-hydrogen) atoms. The Morgan fingerprint density at radius 3 is 2.80 bits per heavy atom. The van der Waals surface area contributed by atoms with Crippen LogP contribution in [-0.2, 0) is 6.54 Å². The second-order valence-electron chi connectivity index (χ2n) is 9.11. The molecule has 2 atom stereocenters. The molecule has 8 heteroatoms. The molecule has 8 nitrogen and oxygen atoms in total. The van der Waals surface area contributed by atoms with Crippen molar-refractivity contribution in [1.29, 1.82) is 0 Å². The van der Waals surface area contributed by atoms with Gasteiger partial charge in [0.05, 0.1) is 29.9 Å². The highest BCUT2D eigenvalue weighted by atomic mass is 16.3. The summed E-state index contributed by atoms with van der Waals surface area (Å²) in [5, 5.41) is 16.5. The maximum Gasteiger partial charge on any atom is 0.155 e. The van der Waals surface area contributed by atoms with Crippen LogP contribution in [0.4, 0.5) is 11.5 Å². The first-order valence-corrected chi connectivity index (χ1v) is 12.1. The third-order valence-electron chi connectivity index (χ3n) is 6.88. The fourth-order valence-electron chi connectivity index (χ4n) is 5.03. The van der Waals surface area contributed by atoms with Crippen LogP contribution in [0, 0.1) is 0 Å². The number of aliphatic hydroxyl groups is 1. The molecule has 0 radical (unpaired) electrons. The van der Waals surface area contributed by atoms with Crippen LogP contribution >= 0.6 is 0 Å². The topological polar surface area (TPSA) is 104 Å². The van der Waals surface area contributed by atoms with Crippen LogP contribution in [0.1, 0.15) is 59.5 Å². The summed E-state index contributed by atoms with van der Waals surface area (Å²) in [6, 6.07) is 8.00. The fourth-order valence-corrected chi connectivity index (χ4v) is 5.03. The van der Waals surface area contributed by atoms with Gasteiger partial charge in [-0.05, 0) is 61.9 Å². The zero-order valence-corrected chi connectivity index (χ0v) is 19.8. The van der Waals surface area contributed by atoms with E-state index in [2.05, 4.69) is 31.7 Å².